The van der Waals surface area contributed by atoms with Gasteiger partial charge in [0.05, 0.1) is 12.2 Å². The maximum Gasteiger partial charge on any atom is 0.251 e. The Labute approximate surface area is 198 Å². The van der Waals surface area contributed by atoms with Crippen molar-refractivity contribution in [2.45, 2.75) is 25.8 Å². The molecule has 1 aliphatic heterocycles. The lowest BCUT2D eigenvalue weighted by atomic mass is 10.0. The van der Waals surface area contributed by atoms with E-state index in [1.54, 1.807) is 0 Å². The van der Waals surface area contributed by atoms with Crippen molar-refractivity contribution in [3.63, 3.8) is 0 Å². The molecule has 2 amide bonds. The number of piperidine rings is 1. The zero-order valence-corrected chi connectivity index (χ0v) is 19.1. The molecule has 1 aliphatic rings. The van der Waals surface area contributed by atoms with E-state index in [0.717, 1.165) is 18.4 Å². The number of nitrogens with zero attached hydrogens (tertiary/aromatic N) is 1. The van der Waals surface area contributed by atoms with E-state index in [4.69, 9.17) is 4.74 Å². The topological polar surface area (TPSA) is 70.7 Å². The number of benzene rings is 3. The van der Waals surface area contributed by atoms with Crippen molar-refractivity contribution in [3.05, 3.63) is 89.7 Å². The molecule has 1 fully saturated rings. The van der Waals surface area contributed by atoms with E-state index >= 15 is 0 Å². The Balaban J connectivity index is 1.26. The van der Waals surface area contributed by atoms with E-state index in [1.807, 2.05) is 55.5 Å². The largest absolute Gasteiger partial charge is 0.455 e. The number of carbonyl (C=O) groups excluding carboxylic acids is 2. The van der Waals surface area contributed by atoms with Crippen molar-refractivity contribution in [2.24, 2.45) is 0 Å². The average molecular weight is 462 g/mol. The number of aryl methyl sites for hydroxylation is 1. The van der Waals surface area contributed by atoms with Gasteiger partial charge >= 0.3 is 0 Å². The minimum atomic E-state index is -0.368. The first-order chi connectivity index (χ1) is 16.5. The van der Waals surface area contributed by atoms with Crippen LogP contribution >= 0.6 is 0 Å². The fourth-order valence-corrected chi connectivity index (χ4v) is 3.89. The summed E-state index contributed by atoms with van der Waals surface area (Å²) in [6, 6.07) is 20.6. The van der Waals surface area contributed by atoms with Crippen LogP contribution in [0, 0.1) is 12.7 Å². The van der Waals surface area contributed by atoms with Gasteiger partial charge in [-0.3, -0.25) is 14.5 Å². The van der Waals surface area contributed by atoms with Gasteiger partial charge in [0, 0.05) is 24.7 Å². The van der Waals surface area contributed by atoms with Crippen molar-refractivity contribution in [1.29, 1.82) is 0 Å². The molecule has 3 aromatic carbocycles. The maximum absolute atomic E-state index is 13.1. The maximum atomic E-state index is 13.1. The van der Waals surface area contributed by atoms with Crippen LogP contribution in [0.3, 0.4) is 0 Å². The van der Waals surface area contributed by atoms with E-state index < -0.39 is 0 Å². The Hall–Kier alpha value is -3.71. The van der Waals surface area contributed by atoms with Crippen LogP contribution < -0.4 is 15.4 Å². The van der Waals surface area contributed by atoms with Gasteiger partial charge in [0.15, 0.2) is 5.75 Å². The van der Waals surface area contributed by atoms with E-state index in [0.29, 0.717) is 35.8 Å². The summed E-state index contributed by atoms with van der Waals surface area (Å²) in [5.41, 5.74) is 2.21. The zero-order valence-electron chi connectivity index (χ0n) is 19.1. The normalized spacial score (nSPS) is 14.4. The molecule has 0 radical (unpaired) electrons. The summed E-state index contributed by atoms with van der Waals surface area (Å²) in [6.07, 6.45) is 1.49. The predicted molar refractivity (Wildman–Crippen MR) is 130 cm³/mol. The summed E-state index contributed by atoms with van der Waals surface area (Å²) in [4.78, 5) is 27.1. The molecule has 0 saturated carbocycles. The van der Waals surface area contributed by atoms with Gasteiger partial charge in [-0.1, -0.05) is 29.8 Å². The lowest BCUT2D eigenvalue weighted by Gasteiger charge is -2.31. The molecule has 0 aliphatic carbocycles. The third-order valence-corrected chi connectivity index (χ3v) is 5.81. The van der Waals surface area contributed by atoms with Gasteiger partial charge in [0.2, 0.25) is 5.91 Å². The van der Waals surface area contributed by atoms with Gasteiger partial charge in [0.1, 0.15) is 11.6 Å². The highest BCUT2D eigenvalue weighted by molar-refractivity contribution is 5.94. The second-order valence-electron chi connectivity index (χ2n) is 8.49. The smallest absolute Gasteiger partial charge is 0.251 e. The number of carbonyl (C=O) groups is 2. The number of hydrogen-bond donors (Lipinski definition) is 2. The number of rotatable bonds is 7. The molecule has 3 aromatic rings. The quantitative estimate of drug-likeness (QED) is 0.532. The number of hydrogen-bond acceptors (Lipinski definition) is 4. The Bertz CT molecular complexity index is 1120. The predicted octanol–water partition coefficient (Wildman–Crippen LogP) is 4.76. The number of nitrogens with one attached hydrogen (secondary N) is 2. The van der Waals surface area contributed by atoms with Crippen molar-refractivity contribution in [1.82, 2.24) is 10.2 Å². The summed E-state index contributed by atoms with van der Waals surface area (Å²) >= 11 is 0. The van der Waals surface area contributed by atoms with Gasteiger partial charge in [-0.15, -0.1) is 0 Å². The van der Waals surface area contributed by atoms with Crippen LogP contribution in [0.15, 0.2) is 72.8 Å². The van der Waals surface area contributed by atoms with E-state index in [2.05, 4.69) is 15.5 Å². The van der Waals surface area contributed by atoms with Crippen LogP contribution in [0.1, 0.15) is 28.8 Å². The first-order valence-corrected chi connectivity index (χ1v) is 11.4. The monoisotopic (exact) mass is 461 g/mol. The molecule has 34 heavy (non-hydrogen) atoms. The van der Waals surface area contributed by atoms with Gasteiger partial charge < -0.3 is 15.4 Å². The summed E-state index contributed by atoms with van der Waals surface area (Å²) < 4.78 is 19.0. The second kappa shape index (κ2) is 10.9. The molecule has 0 atom stereocenters. The molecular weight excluding hydrogens is 433 g/mol. The number of halogens is 1. The second-order valence-corrected chi connectivity index (χ2v) is 8.49. The number of likely N-dealkylation sites (tertiary alicyclic amines) is 1. The first kappa shape index (κ1) is 23.4. The number of anilines is 1. The molecule has 4 rings (SSSR count). The Kier molecular flexibility index (Phi) is 7.54. The molecule has 0 spiro atoms. The third kappa shape index (κ3) is 6.42. The number of ether oxygens (including phenoxy) is 1. The fraction of sp³-hybridized carbons (Fsp3) is 0.259. The van der Waals surface area contributed by atoms with Crippen molar-refractivity contribution in [3.8, 4) is 11.5 Å². The SMILES string of the molecule is Cc1ccc(Oc2ccccc2NC(=O)CN2CCC(NC(=O)c3ccc(F)cc3)CC2)cc1. The Morgan fingerprint density at radius 2 is 1.65 bits per heavy atom. The molecule has 0 unspecified atom stereocenters. The zero-order chi connectivity index (χ0) is 23.9. The molecule has 0 bridgehead atoms. The van der Waals surface area contributed by atoms with Gasteiger partial charge in [-0.25, -0.2) is 4.39 Å². The lowest BCUT2D eigenvalue weighted by molar-refractivity contribution is -0.117. The fourth-order valence-electron chi connectivity index (χ4n) is 3.89. The minimum absolute atomic E-state index is 0.0282. The number of para-hydroxylation sites is 2. The van der Waals surface area contributed by atoms with Crippen LogP contribution in [0.25, 0.3) is 0 Å². The minimum Gasteiger partial charge on any atom is -0.455 e. The van der Waals surface area contributed by atoms with Gasteiger partial charge in [-0.2, -0.15) is 0 Å². The van der Waals surface area contributed by atoms with Crippen LogP contribution in [-0.2, 0) is 4.79 Å². The van der Waals surface area contributed by atoms with E-state index in [9.17, 15) is 14.0 Å². The van der Waals surface area contributed by atoms with E-state index in [-0.39, 0.29) is 30.2 Å². The molecule has 1 heterocycles. The van der Waals surface area contributed by atoms with Crippen LogP contribution in [-0.4, -0.2) is 42.4 Å². The summed E-state index contributed by atoms with van der Waals surface area (Å²) in [5.74, 6) is 0.599. The van der Waals surface area contributed by atoms with Crippen molar-refractivity contribution in [2.75, 3.05) is 25.0 Å². The van der Waals surface area contributed by atoms with Crippen LogP contribution in [0.5, 0.6) is 11.5 Å². The molecule has 0 aromatic heterocycles. The van der Waals surface area contributed by atoms with Crippen molar-refractivity contribution >= 4 is 17.5 Å². The Morgan fingerprint density at radius 1 is 0.971 bits per heavy atom. The highest BCUT2D eigenvalue weighted by Gasteiger charge is 2.23. The summed E-state index contributed by atoms with van der Waals surface area (Å²) in [6.45, 7) is 3.67. The molecule has 7 heteroatoms. The summed E-state index contributed by atoms with van der Waals surface area (Å²) in [7, 11) is 0. The molecule has 176 valence electrons. The highest BCUT2D eigenvalue weighted by Crippen LogP contribution is 2.29. The molecule has 1 saturated heterocycles. The number of amides is 2. The third-order valence-electron chi connectivity index (χ3n) is 5.81. The molecule has 6 nitrogen and oxygen atoms in total. The molecular formula is C27H28FN3O3. The van der Waals surface area contributed by atoms with Gasteiger partial charge in [-0.05, 0) is 68.3 Å². The van der Waals surface area contributed by atoms with Crippen molar-refractivity contribution < 1.29 is 18.7 Å². The van der Waals surface area contributed by atoms with Gasteiger partial charge in [0.25, 0.3) is 5.91 Å². The average Bonchev–Trinajstić information content (AvgIpc) is 2.83. The van der Waals surface area contributed by atoms with Crippen LogP contribution in [0.4, 0.5) is 10.1 Å². The lowest BCUT2D eigenvalue weighted by Crippen LogP contribution is -2.46. The molecule has 2 N–H and O–H groups in total. The first-order valence-electron chi connectivity index (χ1n) is 11.4. The summed E-state index contributed by atoms with van der Waals surface area (Å²) in [5, 5.41) is 5.95. The Morgan fingerprint density at radius 3 is 2.35 bits per heavy atom. The highest BCUT2D eigenvalue weighted by atomic mass is 19.1. The standard InChI is InChI=1S/C27H28FN3O3/c1-19-6-12-23(13-7-19)34-25-5-3-2-4-24(25)30-26(32)18-31-16-14-22(15-17-31)29-27(33)20-8-10-21(28)11-9-20/h2-13,22H,14-18H2,1H3,(H,29,33)(H,30,32). The van der Waals surface area contributed by atoms with E-state index in [1.165, 1.54) is 24.3 Å². The van der Waals surface area contributed by atoms with Crippen LogP contribution in [0.2, 0.25) is 0 Å².